The van der Waals surface area contributed by atoms with E-state index in [1.54, 1.807) is 7.11 Å². The zero-order chi connectivity index (χ0) is 14.6. The van der Waals surface area contributed by atoms with Crippen LogP contribution in [0.5, 0.6) is 5.75 Å². The molecule has 3 heteroatoms. The van der Waals surface area contributed by atoms with Crippen molar-refractivity contribution in [1.82, 2.24) is 4.90 Å². The molecule has 1 saturated carbocycles. The highest BCUT2D eigenvalue weighted by Crippen LogP contribution is 2.41. The van der Waals surface area contributed by atoms with E-state index in [9.17, 15) is 4.79 Å². The predicted molar refractivity (Wildman–Crippen MR) is 81.3 cm³/mol. The fourth-order valence-electron chi connectivity index (χ4n) is 3.07. The van der Waals surface area contributed by atoms with Crippen LogP contribution in [0.2, 0.25) is 0 Å². The quantitative estimate of drug-likeness (QED) is 0.827. The number of benzene rings is 1. The van der Waals surface area contributed by atoms with Crippen molar-refractivity contribution in [1.29, 1.82) is 0 Å². The van der Waals surface area contributed by atoms with Crippen molar-refractivity contribution < 1.29 is 9.53 Å². The van der Waals surface area contributed by atoms with Gasteiger partial charge in [-0.05, 0) is 63.0 Å². The fraction of sp³-hybridized carbons (Fsp3) is 0.588. The number of carbonyl (C=O) groups excluding carboxylic acids is 1. The van der Waals surface area contributed by atoms with E-state index >= 15 is 0 Å². The highest BCUT2D eigenvalue weighted by atomic mass is 16.5. The lowest BCUT2D eigenvalue weighted by Crippen LogP contribution is -2.35. The summed E-state index contributed by atoms with van der Waals surface area (Å²) in [6, 6.07) is 8.40. The van der Waals surface area contributed by atoms with Crippen LogP contribution in [0.15, 0.2) is 24.3 Å². The number of hydrogen-bond donors (Lipinski definition) is 0. The molecule has 110 valence electrons. The molecule has 2 rings (SSSR count). The van der Waals surface area contributed by atoms with Crippen molar-refractivity contribution in [2.24, 2.45) is 0 Å². The zero-order valence-corrected chi connectivity index (χ0v) is 12.8. The number of hydrogen-bond acceptors (Lipinski definition) is 3. The first kappa shape index (κ1) is 15.0. The lowest BCUT2D eigenvalue weighted by molar-refractivity contribution is -0.121. The number of methoxy groups -OCH3 is 1. The molecule has 0 spiro atoms. The summed E-state index contributed by atoms with van der Waals surface area (Å²) in [7, 11) is 5.90. The molecule has 0 saturated heterocycles. The smallest absolute Gasteiger partial charge is 0.132 e. The van der Waals surface area contributed by atoms with Crippen molar-refractivity contribution in [2.75, 3.05) is 27.7 Å². The van der Waals surface area contributed by atoms with E-state index in [1.165, 1.54) is 5.56 Å². The predicted octanol–water partition coefficient (Wildman–Crippen LogP) is 3.03. The second kappa shape index (κ2) is 6.40. The molecule has 0 aliphatic heterocycles. The Labute approximate surface area is 121 Å². The Morgan fingerprint density at radius 2 is 1.75 bits per heavy atom. The normalized spacial score (nSPS) is 18.3. The summed E-state index contributed by atoms with van der Waals surface area (Å²) < 4.78 is 5.24. The highest BCUT2D eigenvalue weighted by Gasteiger charge is 2.36. The van der Waals surface area contributed by atoms with Gasteiger partial charge in [0.2, 0.25) is 0 Å². The Balaban J connectivity index is 2.22. The van der Waals surface area contributed by atoms with Crippen LogP contribution in [-0.4, -0.2) is 38.4 Å². The number of ketones is 1. The Bertz CT molecular complexity index is 441. The molecule has 0 amide bonds. The van der Waals surface area contributed by atoms with Crippen LogP contribution < -0.4 is 4.74 Å². The maximum atomic E-state index is 11.6. The number of ether oxygens (including phenoxy) is 1. The molecule has 1 aromatic carbocycles. The summed E-state index contributed by atoms with van der Waals surface area (Å²) in [5, 5.41) is 0. The van der Waals surface area contributed by atoms with Crippen molar-refractivity contribution >= 4 is 5.78 Å². The lowest BCUT2D eigenvalue weighted by Gasteiger charge is -2.38. The van der Waals surface area contributed by atoms with Crippen LogP contribution in [0, 0.1) is 0 Å². The summed E-state index contributed by atoms with van der Waals surface area (Å²) in [4.78, 5) is 13.8. The van der Waals surface area contributed by atoms with E-state index < -0.39 is 0 Å². The van der Waals surface area contributed by atoms with Gasteiger partial charge in [0.05, 0.1) is 7.11 Å². The van der Waals surface area contributed by atoms with Gasteiger partial charge < -0.3 is 9.64 Å². The van der Waals surface area contributed by atoms with Crippen LogP contribution >= 0.6 is 0 Å². The third-order valence-electron chi connectivity index (χ3n) is 4.50. The first-order valence-electron chi connectivity index (χ1n) is 7.37. The summed E-state index contributed by atoms with van der Waals surface area (Å²) in [5.41, 5.74) is 1.51. The first-order valence-corrected chi connectivity index (χ1v) is 7.37. The summed E-state index contributed by atoms with van der Waals surface area (Å²) in [5.74, 6) is 1.31. The van der Waals surface area contributed by atoms with Gasteiger partial charge in [0.15, 0.2) is 0 Å². The SMILES string of the molecule is COc1ccc(C2(CCN(C)C)CCC(=O)CC2)cc1. The van der Waals surface area contributed by atoms with Crippen LogP contribution in [0.4, 0.5) is 0 Å². The van der Waals surface area contributed by atoms with Gasteiger partial charge in [-0.1, -0.05) is 12.1 Å². The molecule has 0 bridgehead atoms. The second-order valence-corrected chi connectivity index (χ2v) is 6.10. The van der Waals surface area contributed by atoms with E-state index in [1.807, 2.05) is 12.1 Å². The van der Waals surface area contributed by atoms with E-state index in [0.29, 0.717) is 5.78 Å². The Morgan fingerprint density at radius 1 is 1.15 bits per heavy atom. The van der Waals surface area contributed by atoms with Gasteiger partial charge in [-0.2, -0.15) is 0 Å². The van der Waals surface area contributed by atoms with Crippen molar-refractivity contribution in [3.8, 4) is 5.75 Å². The Morgan fingerprint density at radius 3 is 2.25 bits per heavy atom. The maximum Gasteiger partial charge on any atom is 0.132 e. The molecule has 0 N–H and O–H groups in total. The first-order chi connectivity index (χ1) is 9.55. The largest absolute Gasteiger partial charge is 0.497 e. The van der Waals surface area contributed by atoms with Gasteiger partial charge >= 0.3 is 0 Å². The molecular weight excluding hydrogens is 250 g/mol. The Hall–Kier alpha value is -1.35. The zero-order valence-electron chi connectivity index (χ0n) is 12.8. The van der Waals surface area contributed by atoms with Gasteiger partial charge in [0.25, 0.3) is 0 Å². The molecule has 1 aliphatic carbocycles. The molecule has 0 radical (unpaired) electrons. The Kier molecular flexibility index (Phi) is 4.81. The molecule has 20 heavy (non-hydrogen) atoms. The van der Waals surface area contributed by atoms with E-state index in [0.717, 1.165) is 44.4 Å². The minimum Gasteiger partial charge on any atom is -0.497 e. The molecule has 0 heterocycles. The fourth-order valence-corrected chi connectivity index (χ4v) is 3.07. The van der Waals surface area contributed by atoms with Crippen LogP contribution in [0.3, 0.4) is 0 Å². The molecular formula is C17H25NO2. The number of rotatable bonds is 5. The van der Waals surface area contributed by atoms with E-state index in [4.69, 9.17) is 4.74 Å². The van der Waals surface area contributed by atoms with Crippen molar-refractivity contribution in [2.45, 2.75) is 37.5 Å². The number of nitrogens with zero attached hydrogens (tertiary/aromatic N) is 1. The molecule has 0 unspecified atom stereocenters. The van der Waals surface area contributed by atoms with E-state index in [-0.39, 0.29) is 5.41 Å². The summed E-state index contributed by atoms with van der Waals surface area (Å²) in [6.07, 6.45) is 4.51. The van der Waals surface area contributed by atoms with E-state index in [2.05, 4.69) is 31.1 Å². The molecule has 0 aromatic heterocycles. The minimum atomic E-state index is 0.157. The van der Waals surface area contributed by atoms with Crippen molar-refractivity contribution in [3.63, 3.8) is 0 Å². The topological polar surface area (TPSA) is 29.5 Å². The monoisotopic (exact) mass is 275 g/mol. The minimum absolute atomic E-state index is 0.157. The molecule has 0 atom stereocenters. The van der Waals surface area contributed by atoms with Gasteiger partial charge in [-0.25, -0.2) is 0 Å². The third-order valence-corrected chi connectivity index (χ3v) is 4.50. The highest BCUT2D eigenvalue weighted by molar-refractivity contribution is 5.79. The molecule has 1 aromatic rings. The molecule has 1 aliphatic rings. The van der Waals surface area contributed by atoms with Gasteiger partial charge in [0.1, 0.15) is 11.5 Å². The number of Topliss-reactive ketones (excluding diaryl/α,β-unsaturated/α-hetero) is 1. The van der Waals surface area contributed by atoms with Crippen LogP contribution in [0.25, 0.3) is 0 Å². The van der Waals surface area contributed by atoms with Gasteiger partial charge in [-0.15, -0.1) is 0 Å². The third kappa shape index (κ3) is 3.40. The average molecular weight is 275 g/mol. The summed E-state index contributed by atoms with van der Waals surface area (Å²) in [6.45, 7) is 1.06. The average Bonchev–Trinajstić information content (AvgIpc) is 2.47. The number of carbonyl (C=O) groups is 1. The molecule has 3 nitrogen and oxygen atoms in total. The lowest BCUT2D eigenvalue weighted by atomic mass is 9.67. The standard InChI is InChI=1S/C17H25NO2/c1-18(2)13-12-17(10-8-15(19)9-11-17)14-4-6-16(20-3)7-5-14/h4-7H,8-13H2,1-3H3. The van der Waals surface area contributed by atoms with Crippen LogP contribution in [0.1, 0.15) is 37.7 Å². The van der Waals surface area contributed by atoms with Crippen LogP contribution in [-0.2, 0) is 10.2 Å². The maximum absolute atomic E-state index is 11.6. The van der Waals surface area contributed by atoms with Gasteiger partial charge in [0, 0.05) is 12.8 Å². The summed E-state index contributed by atoms with van der Waals surface area (Å²) >= 11 is 0. The second-order valence-electron chi connectivity index (χ2n) is 6.10. The van der Waals surface area contributed by atoms with Gasteiger partial charge in [-0.3, -0.25) is 4.79 Å². The molecule has 1 fully saturated rings. The van der Waals surface area contributed by atoms with Crippen molar-refractivity contribution in [3.05, 3.63) is 29.8 Å².